The minimum absolute atomic E-state index is 0.0153. The third kappa shape index (κ3) is 5.88. The van der Waals surface area contributed by atoms with Gasteiger partial charge in [-0.3, -0.25) is 4.79 Å². The van der Waals surface area contributed by atoms with Crippen molar-refractivity contribution in [1.29, 1.82) is 0 Å². The molecule has 0 radical (unpaired) electrons. The van der Waals surface area contributed by atoms with E-state index in [4.69, 9.17) is 4.74 Å². The molecule has 0 fully saturated rings. The Labute approximate surface area is 145 Å². The van der Waals surface area contributed by atoms with Crippen molar-refractivity contribution in [3.8, 4) is 0 Å². The van der Waals surface area contributed by atoms with Crippen LogP contribution in [0.5, 0.6) is 0 Å². The number of methoxy groups -OCH3 is 1. The van der Waals surface area contributed by atoms with Gasteiger partial charge < -0.3 is 14.2 Å². The van der Waals surface area contributed by atoms with Crippen LogP contribution in [-0.4, -0.2) is 43.2 Å². The number of carbonyl (C=O) groups excluding carboxylic acids is 1. The van der Waals surface area contributed by atoms with Crippen molar-refractivity contribution in [2.45, 2.75) is 38.9 Å². The SMILES string of the molecule is COC(=O)C(CC(C)C)n1cc(CCN(C)C)c(C(F)(F)F)cc1=O. The summed E-state index contributed by atoms with van der Waals surface area (Å²) in [4.78, 5) is 26.1. The van der Waals surface area contributed by atoms with E-state index in [1.165, 1.54) is 7.11 Å². The number of hydrogen-bond acceptors (Lipinski definition) is 4. The Morgan fingerprint density at radius 2 is 1.92 bits per heavy atom. The van der Waals surface area contributed by atoms with Crippen LogP contribution in [0.1, 0.15) is 37.4 Å². The first-order chi connectivity index (χ1) is 11.5. The molecule has 0 bridgehead atoms. The molecule has 0 saturated heterocycles. The highest BCUT2D eigenvalue weighted by molar-refractivity contribution is 5.74. The van der Waals surface area contributed by atoms with Crippen molar-refractivity contribution in [3.05, 3.63) is 33.7 Å². The van der Waals surface area contributed by atoms with Crippen molar-refractivity contribution in [1.82, 2.24) is 9.47 Å². The Morgan fingerprint density at radius 1 is 1.32 bits per heavy atom. The molecule has 1 aromatic rings. The number of nitrogens with zero attached hydrogens (tertiary/aromatic N) is 2. The van der Waals surface area contributed by atoms with Gasteiger partial charge in [0.05, 0.1) is 12.7 Å². The normalized spacial score (nSPS) is 13.4. The van der Waals surface area contributed by atoms with E-state index in [0.29, 0.717) is 19.0 Å². The molecule has 0 aliphatic carbocycles. The molecular formula is C17H25F3N2O3. The van der Waals surface area contributed by atoms with Crippen LogP contribution in [0.2, 0.25) is 0 Å². The predicted octanol–water partition coefficient (Wildman–Crippen LogP) is 2.73. The fraction of sp³-hybridized carbons (Fsp3) is 0.647. The third-order valence-electron chi connectivity index (χ3n) is 3.80. The van der Waals surface area contributed by atoms with Crippen molar-refractivity contribution in [3.63, 3.8) is 0 Å². The van der Waals surface area contributed by atoms with E-state index in [-0.39, 0.29) is 17.9 Å². The molecule has 8 heteroatoms. The van der Waals surface area contributed by atoms with Crippen LogP contribution >= 0.6 is 0 Å². The van der Waals surface area contributed by atoms with Crippen LogP contribution in [0, 0.1) is 5.92 Å². The van der Waals surface area contributed by atoms with E-state index in [1.807, 2.05) is 13.8 Å². The average molecular weight is 362 g/mol. The number of aromatic nitrogens is 1. The number of rotatable bonds is 7. The second kappa shape index (κ2) is 8.51. The van der Waals surface area contributed by atoms with E-state index in [0.717, 1.165) is 10.8 Å². The number of esters is 1. The van der Waals surface area contributed by atoms with Gasteiger partial charge in [0.1, 0.15) is 6.04 Å². The maximum Gasteiger partial charge on any atom is 0.416 e. The maximum absolute atomic E-state index is 13.3. The summed E-state index contributed by atoms with van der Waals surface area (Å²) in [5.74, 6) is -0.586. The lowest BCUT2D eigenvalue weighted by atomic mass is 10.0. The average Bonchev–Trinajstić information content (AvgIpc) is 2.49. The van der Waals surface area contributed by atoms with Crippen LogP contribution in [0.15, 0.2) is 17.1 Å². The summed E-state index contributed by atoms with van der Waals surface area (Å²) < 4.78 is 45.6. The van der Waals surface area contributed by atoms with Gasteiger partial charge in [0.25, 0.3) is 5.56 Å². The quantitative estimate of drug-likeness (QED) is 0.700. The standard InChI is InChI=1S/C17H25F3N2O3/c1-11(2)8-14(16(24)25-5)22-10-12(6-7-21(3)4)13(9-15(22)23)17(18,19)20/h9-11,14H,6-8H2,1-5H3. The molecule has 0 N–H and O–H groups in total. The highest BCUT2D eigenvalue weighted by atomic mass is 19.4. The second-order valence-corrected chi connectivity index (χ2v) is 6.68. The first-order valence-corrected chi connectivity index (χ1v) is 8.02. The molecule has 142 valence electrons. The largest absolute Gasteiger partial charge is 0.467 e. The topological polar surface area (TPSA) is 51.5 Å². The zero-order valence-corrected chi connectivity index (χ0v) is 15.2. The molecule has 0 aromatic carbocycles. The number of likely N-dealkylation sites (N-methyl/N-ethyl adjacent to an activating group) is 1. The van der Waals surface area contributed by atoms with Gasteiger partial charge in [-0.1, -0.05) is 13.8 Å². The number of halogens is 3. The fourth-order valence-corrected chi connectivity index (χ4v) is 2.55. The van der Waals surface area contributed by atoms with E-state index >= 15 is 0 Å². The summed E-state index contributed by atoms with van der Waals surface area (Å²) in [5, 5.41) is 0. The van der Waals surface area contributed by atoms with Gasteiger partial charge in [0, 0.05) is 18.8 Å². The summed E-state index contributed by atoms with van der Waals surface area (Å²) >= 11 is 0. The Balaban J connectivity index is 3.46. The van der Waals surface area contributed by atoms with Gasteiger partial charge in [-0.25, -0.2) is 4.79 Å². The van der Waals surface area contributed by atoms with Gasteiger partial charge in [-0.15, -0.1) is 0 Å². The summed E-state index contributed by atoms with van der Waals surface area (Å²) in [6, 6.07) is -0.376. The molecule has 1 atom stereocenters. The molecule has 0 aliphatic rings. The summed E-state index contributed by atoms with van der Waals surface area (Å²) in [6.07, 6.45) is -3.07. The third-order valence-corrected chi connectivity index (χ3v) is 3.80. The van der Waals surface area contributed by atoms with Crippen molar-refractivity contribution in [2.75, 3.05) is 27.7 Å². The number of hydrogen-bond donors (Lipinski definition) is 0. The lowest BCUT2D eigenvalue weighted by Crippen LogP contribution is -2.33. The summed E-state index contributed by atoms with van der Waals surface area (Å²) in [5.41, 5.74) is -1.83. The van der Waals surface area contributed by atoms with Crippen LogP contribution in [0.25, 0.3) is 0 Å². The molecule has 25 heavy (non-hydrogen) atoms. The minimum Gasteiger partial charge on any atom is -0.467 e. The number of pyridine rings is 1. The zero-order valence-electron chi connectivity index (χ0n) is 15.2. The molecule has 0 saturated carbocycles. The summed E-state index contributed by atoms with van der Waals surface area (Å²) in [7, 11) is 4.69. The highest BCUT2D eigenvalue weighted by Crippen LogP contribution is 2.32. The molecule has 5 nitrogen and oxygen atoms in total. The number of ether oxygens (including phenoxy) is 1. The Hall–Kier alpha value is -1.83. The Kier molecular flexibility index (Phi) is 7.22. The smallest absolute Gasteiger partial charge is 0.416 e. The lowest BCUT2D eigenvalue weighted by molar-refractivity contribution is -0.145. The summed E-state index contributed by atoms with van der Waals surface area (Å²) in [6.45, 7) is 4.10. The minimum atomic E-state index is -4.63. The van der Waals surface area contributed by atoms with Crippen LogP contribution in [0.4, 0.5) is 13.2 Å². The van der Waals surface area contributed by atoms with E-state index in [1.54, 1.807) is 19.0 Å². The predicted molar refractivity (Wildman–Crippen MR) is 88.5 cm³/mol. The van der Waals surface area contributed by atoms with E-state index in [2.05, 4.69) is 0 Å². The molecule has 0 spiro atoms. The van der Waals surface area contributed by atoms with Crippen LogP contribution in [-0.2, 0) is 22.1 Å². The molecule has 1 unspecified atom stereocenters. The molecular weight excluding hydrogens is 337 g/mol. The van der Waals surface area contributed by atoms with Gasteiger partial charge in [-0.2, -0.15) is 13.2 Å². The maximum atomic E-state index is 13.3. The van der Waals surface area contributed by atoms with Crippen LogP contribution in [0.3, 0.4) is 0 Å². The van der Waals surface area contributed by atoms with Gasteiger partial charge in [0.15, 0.2) is 0 Å². The van der Waals surface area contributed by atoms with Gasteiger partial charge in [0.2, 0.25) is 0 Å². The van der Waals surface area contributed by atoms with Crippen molar-refractivity contribution >= 4 is 5.97 Å². The molecule has 1 rings (SSSR count). The second-order valence-electron chi connectivity index (χ2n) is 6.68. The number of carbonyl (C=O) groups is 1. The number of alkyl halides is 3. The highest BCUT2D eigenvalue weighted by Gasteiger charge is 2.35. The first-order valence-electron chi connectivity index (χ1n) is 8.02. The molecule has 1 aromatic heterocycles. The Morgan fingerprint density at radius 3 is 2.36 bits per heavy atom. The first kappa shape index (κ1) is 21.2. The van der Waals surface area contributed by atoms with E-state index in [9.17, 15) is 22.8 Å². The zero-order chi connectivity index (χ0) is 19.4. The molecule has 0 aliphatic heterocycles. The van der Waals surface area contributed by atoms with Crippen molar-refractivity contribution in [2.24, 2.45) is 5.92 Å². The molecule has 0 amide bonds. The fourth-order valence-electron chi connectivity index (χ4n) is 2.55. The van der Waals surface area contributed by atoms with Gasteiger partial charge in [-0.05, 0) is 38.4 Å². The van der Waals surface area contributed by atoms with Crippen molar-refractivity contribution < 1.29 is 22.7 Å². The van der Waals surface area contributed by atoms with Gasteiger partial charge >= 0.3 is 12.1 Å². The monoisotopic (exact) mass is 362 g/mol. The molecule has 1 heterocycles. The Bertz CT molecular complexity index is 652. The van der Waals surface area contributed by atoms with Crippen LogP contribution < -0.4 is 5.56 Å². The lowest BCUT2D eigenvalue weighted by Gasteiger charge is -2.22. The van der Waals surface area contributed by atoms with E-state index < -0.39 is 29.3 Å².